The number of nitrogens with zero attached hydrogens (tertiary/aromatic N) is 3. The molecule has 7 heteroatoms. The number of H-pyrrole nitrogens is 1. The van der Waals surface area contributed by atoms with Crippen molar-refractivity contribution in [3.8, 4) is 5.69 Å². The molecule has 1 aliphatic rings. The fourth-order valence-corrected chi connectivity index (χ4v) is 2.42. The molecular formula is C15H16N4O3. The third-order valence-electron chi connectivity index (χ3n) is 3.68. The zero-order valence-corrected chi connectivity index (χ0v) is 12.4. The minimum atomic E-state index is -0.468. The average molecular weight is 300 g/mol. The van der Waals surface area contributed by atoms with E-state index >= 15 is 0 Å². The molecule has 1 aromatic heterocycles. The maximum Gasteiger partial charge on any atom is 0.280 e. The van der Waals surface area contributed by atoms with Gasteiger partial charge in [0, 0.05) is 23.5 Å². The van der Waals surface area contributed by atoms with Gasteiger partial charge in [0.15, 0.2) is 0 Å². The largest absolute Gasteiger partial charge is 0.295 e. The number of nitrogens with one attached hydrogen (secondary N) is 1. The SMILES string of the molecule is CC(=NC1CC1)c1c(C)[nH]n(-c2ccc([N+](=O)[O-])cc2)c1=O. The minimum absolute atomic E-state index is 0.00761. The Balaban J connectivity index is 2.01. The average Bonchev–Trinajstić information content (AvgIpc) is 3.23. The van der Waals surface area contributed by atoms with Crippen molar-refractivity contribution in [3.05, 3.63) is 56.0 Å². The molecule has 2 aromatic rings. The Morgan fingerprint density at radius 1 is 1.36 bits per heavy atom. The molecule has 0 saturated heterocycles. The molecule has 0 aliphatic heterocycles. The van der Waals surface area contributed by atoms with Crippen LogP contribution in [0.3, 0.4) is 0 Å². The fraction of sp³-hybridized carbons (Fsp3) is 0.333. The smallest absolute Gasteiger partial charge is 0.280 e. The summed E-state index contributed by atoms with van der Waals surface area (Å²) in [4.78, 5) is 27.3. The van der Waals surface area contributed by atoms with E-state index in [0.717, 1.165) is 24.2 Å². The summed E-state index contributed by atoms with van der Waals surface area (Å²) in [6, 6.07) is 6.20. The lowest BCUT2D eigenvalue weighted by molar-refractivity contribution is -0.384. The first-order valence-corrected chi connectivity index (χ1v) is 7.08. The van der Waals surface area contributed by atoms with Crippen LogP contribution in [0.25, 0.3) is 5.69 Å². The Kier molecular flexibility index (Phi) is 3.40. The molecule has 0 radical (unpaired) electrons. The van der Waals surface area contributed by atoms with Crippen LogP contribution in [0.4, 0.5) is 5.69 Å². The number of hydrogen-bond donors (Lipinski definition) is 1. The monoisotopic (exact) mass is 300 g/mol. The molecule has 0 atom stereocenters. The van der Waals surface area contributed by atoms with Crippen LogP contribution < -0.4 is 5.56 Å². The van der Waals surface area contributed by atoms with Crippen LogP contribution in [0.1, 0.15) is 31.0 Å². The van der Waals surface area contributed by atoms with Crippen molar-refractivity contribution in [2.24, 2.45) is 4.99 Å². The van der Waals surface area contributed by atoms with E-state index in [1.54, 1.807) is 12.1 Å². The van der Waals surface area contributed by atoms with Gasteiger partial charge in [0.1, 0.15) is 0 Å². The van der Waals surface area contributed by atoms with Crippen molar-refractivity contribution >= 4 is 11.4 Å². The first-order chi connectivity index (χ1) is 10.5. The quantitative estimate of drug-likeness (QED) is 0.533. The molecule has 22 heavy (non-hydrogen) atoms. The van der Waals surface area contributed by atoms with Gasteiger partial charge in [-0.25, -0.2) is 4.68 Å². The van der Waals surface area contributed by atoms with Crippen molar-refractivity contribution < 1.29 is 4.92 Å². The lowest BCUT2D eigenvalue weighted by atomic mass is 10.2. The molecule has 1 fully saturated rings. The molecule has 0 unspecified atom stereocenters. The van der Waals surface area contributed by atoms with Crippen molar-refractivity contribution in [2.75, 3.05) is 0 Å². The van der Waals surface area contributed by atoms with Crippen LogP contribution in [0.15, 0.2) is 34.1 Å². The lowest BCUT2D eigenvalue weighted by Crippen LogP contribution is -2.19. The van der Waals surface area contributed by atoms with Crippen molar-refractivity contribution in [1.29, 1.82) is 0 Å². The first-order valence-electron chi connectivity index (χ1n) is 7.08. The summed E-state index contributed by atoms with van der Waals surface area (Å²) in [6.45, 7) is 3.67. The number of nitro groups is 1. The van der Waals surface area contributed by atoms with Crippen LogP contribution >= 0.6 is 0 Å². The number of rotatable bonds is 4. The van der Waals surface area contributed by atoms with Crippen LogP contribution in [-0.2, 0) is 0 Å². The van der Waals surface area contributed by atoms with Crippen molar-refractivity contribution in [2.45, 2.75) is 32.7 Å². The number of benzene rings is 1. The van der Waals surface area contributed by atoms with Crippen LogP contribution in [0.2, 0.25) is 0 Å². The van der Waals surface area contributed by atoms with Gasteiger partial charge in [-0.3, -0.25) is 25.0 Å². The number of aromatic amines is 1. The fourth-order valence-electron chi connectivity index (χ4n) is 2.42. The number of aliphatic imine (C=N–C) groups is 1. The summed E-state index contributed by atoms with van der Waals surface area (Å²) in [7, 11) is 0. The second-order valence-electron chi connectivity index (χ2n) is 5.47. The van der Waals surface area contributed by atoms with Gasteiger partial charge in [-0.15, -0.1) is 0 Å². The Labute approximate surface area is 126 Å². The van der Waals surface area contributed by atoms with Gasteiger partial charge < -0.3 is 0 Å². The Hall–Kier alpha value is -2.70. The summed E-state index contributed by atoms with van der Waals surface area (Å²) >= 11 is 0. The highest BCUT2D eigenvalue weighted by molar-refractivity contribution is 5.99. The number of aryl methyl sites for hydroxylation is 1. The van der Waals surface area contributed by atoms with E-state index < -0.39 is 4.92 Å². The van der Waals surface area contributed by atoms with Crippen molar-refractivity contribution in [1.82, 2.24) is 9.78 Å². The van der Waals surface area contributed by atoms with Gasteiger partial charge in [0.05, 0.1) is 22.2 Å². The predicted molar refractivity (Wildman–Crippen MR) is 83.0 cm³/mol. The zero-order valence-electron chi connectivity index (χ0n) is 12.4. The molecule has 7 nitrogen and oxygen atoms in total. The molecule has 1 saturated carbocycles. The summed E-state index contributed by atoms with van der Waals surface area (Å²) in [5.41, 5.74) is 2.42. The zero-order chi connectivity index (χ0) is 15.9. The van der Waals surface area contributed by atoms with Crippen LogP contribution in [0.5, 0.6) is 0 Å². The Bertz CT molecular complexity index is 810. The standard InChI is InChI=1S/C15H16N4O3/c1-9(16-11-3-4-11)14-10(2)17-18(15(14)20)12-5-7-13(8-6-12)19(21)22/h5-8,11,17H,3-4H2,1-2H3. The number of aromatic nitrogens is 2. The Morgan fingerprint density at radius 3 is 2.55 bits per heavy atom. The van der Waals surface area contributed by atoms with E-state index in [1.165, 1.54) is 16.8 Å². The highest BCUT2D eigenvalue weighted by Crippen LogP contribution is 2.24. The first kappa shape index (κ1) is 14.2. The van der Waals surface area contributed by atoms with Gasteiger partial charge in [-0.2, -0.15) is 0 Å². The summed E-state index contributed by atoms with van der Waals surface area (Å²) < 4.78 is 1.39. The maximum atomic E-state index is 12.6. The number of nitro benzene ring substituents is 1. The van der Waals surface area contributed by atoms with Gasteiger partial charge in [-0.05, 0) is 38.8 Å². The third-order valence-corrected chi connectivity index (χ3v) is 3.68. The predicted octanol–water partition coefficient (Wildman–Crippen LogP) is 2.35. The molecule has 1 aromatic carbocycles. The van der Waals surface area contributed by atoms with Crippen LogP contribution in [-0.4, -0.2) is 26.5 Å². The van der Waals surface area contributed by atoms with E-state index in [-0.39, 0.29) is 11.2 Å². The summed E-state index contributed by atoms with van der Waals surface area (Å²) in [5.74, 6) is 0. The van der Waals surface area contributed by atoms with Crippen molar-refractivity contribution in [3.63, 3.8) is 0 Å². The van der Waals surface area contributed by atoms with E-state index in [9.17, 15) is 14.9 Å². The highest BCUT2D eigenvalue weighted by Gasteiger charge is 2.22. The molecule has 114 valence electrons. The summed E-state index contributed by atoms with van der Waals surface area (Å²) in [5, 5.41) is 13.7. The summed E-state index contributed by atoms with van der Waals surface area (Å²) in [6.07, 6.45) is 2.16. The lowest BCUT2D eigenvalue weighted by Gasteiger charge is -2.00. The molecule has 1 aliphatic carbocycles. The second kappa shape index (κ2) is 5.25. The molecule has 0 bridgehead atoms. The van der Waals surface area contributed by atoms with Gasteiger partial charge in [0.25, 0.3) is 11.2 Å². The van der Waals surface area contributed by atoms with E-state index in [2.05, 4.69) is 10.1 Å². The van der Waals surface area contributed by atoms with Gasteiger partial charge in [-0.1, -0.05) is 0 Å². The van der Waals surface area contributed by atoms with Crippen LogP contribution in [0, 0.1) is 17.0 Å². The number of hydrogen-bond acceptors (Lipinski definition) is 4. The molecule has 1 heterocycles. The Morgan fingerprint density at radius 2 is 2.00 bits per heavy atom. The van der Waals surface area contributed by atoms with E-state index in [0.29, 0.717) is 17.3 Å². The molecular weight excluding hydrogens is 284 g/mol. The molecule has 0 spiro atoms. The van der Waals surface area contributed by atoms with Gasteiger partial charge >= 0.3 is 0 Å². The third kappa shape index (κ3) is 2.57. The topological polar surface area (TPSA) is 93.3 Å². The van der Waals surface area contributed by atoms with E-state index in [1.807, 2.05) is 13.8 Å². The minimum Gasteiger partial charge on any atom is -0.295 e. The van der Waals surface area contributed by atoms with E-state index in [4.69, 9.17) is 0 Å². The second-order valence-corrected chi connectivity index (χ2v) is 5.47. The molecule has 3 rings (SSSR count). The number of non-ortho nitro benzene ring substituents is 1. The van der Waals surface area contributed by atoms with Gasteiger partial charge in [0.2, 0.25) is 0 Å². The molecule has 1 N–H and O–H groups in total. The maximum absolute atomic E-state index is 12.6. The normalized spacial score (nSPS) is 15.1. The molecule has 0 amide bonds. The highest BCUT2D eigenvalue weighted by atomic mass is 16.6.